The second-order valence-electron chi connectivity index (χ2n) is 4.64. The average molecular weight is 278 g/mol. The van der Waals surface area contributed by atoms with Gasteiger partial charge in [0.2, 0.25) is 5.91 Å². The first-order valence-corrected chi connectivity index (χ1v) is 6.23. The molecule has 0 unspecified atom stereocenters. The molecule has 0 saturated heterocycles. The van der Waals surface area contributed by atoms with E-state index in [1.54, 1.807) is 0 Å². The van der Waals surface area contributed by atoms with Crippen molar-refractivity contribution in [3.63, 3.8) is 0 Å². The van der Waals surface area contributed by atoms with E-state index >= 15 is 0 Å². The van der Waals surface area contributed by atoms with Gasteiger partial charge in [0.15, 0.2) is 11.6 Å². The highest BCUT2D eigenvalue weighted by atomic mass is 19.2. The monoisotopic (exact) mass is 278 g/mol. The molecule has 3 rings (SSSR count). The van der Waals surface area contributed by atoms with Crippen LogP contribution >= 0.6 is 0 Å². The summed E-state index contributed by atoms with van der Waals surface area (Å²) in [4.78, 5) is 11.6. The summed E-state index contributed by atoms with van der Waals surface area (Å²) in [6.07, 6.45) is 0.575. The number of nitrogens with zero attached hydrogens (tertiary/aromatic N) is 2. The van der Waals surface area contributed by atoms with Crippen LogP contribution in [0, 0.1) is 11.6 Å². The minimum atomic E-state index is -0.939. The molecule has 0 N–H and O–H groups in total. The van der Waals surface area contributed by atoms with Crippen molar-refractivity contribution in [3.8, 4) is 11.3 Å². The lowest BCUT2D eigenvalue weighted by atomic mass is 10.0. The van der Waals surface area contributed by atoms with Gasteiger partial charge in [0.05, 0.1) is 24.6 Å². The number of fused-ring (bicyclic) bond motifs is 1. The van der Waals surface area contributed by atoms with Crippen LogP contribution in [-0.4, -0.2) is 22.3 Å². The fourth-order valence-corrected chi connectivity index (χ4v) is 2.37. The fraction of sp³-hybridized carbons (Fsp3) is 0.286. The second-order valence-corrected chi connectivity index (χ2v) is 4.64. The third-order valence-corrected chi connectivity index (χ3v) is 3.31. The highest BCUT2D eigenvalue weighted by molar-refractivity contribution is 5.78. The number of halogens is 2. The third kappa shape index (κ3) is 2.02. The van der Waals surface area contributed by atoms with Gasteiger partial charge >= 0.3 is 0 Å². The Labute approximate surface area is 114 Å². The number of aromatic nitrogens is 2. The molecule has 1 aliphatic rings. The van der Waals surface area contributed by atoms with Crippen molar-refractivity contribution >= 4 is 5.91 Å². The maximum Gasteiger partial charge on any atom is 0.243 e. The lowest BCUT2D eigenvalue weighted by Gasteiger charge is -2.14. The Balaban J connectivity index is 2.18. The van der Waals surface area contributed by atoms with Crippen LogP contribution in [0.4, 0.5) is 8.78 Å². The Kier molecular flexibility index (Phi) is 3.10. The zero-order valence-electron chi connectivity index (χ0n) is 10.8. The van der Waals surface area contributed by atoms with E-state index in [2.05, 4.69) is 5.10 Å². The van der Waals surface area contributed by atoms with Crippen molar-refractivity contribution in [1.29, 1.82) is 0 Å². The van der Waals surface area contributed by atoms with E-state index in [1.165, 1.54) is 17.7 Å². The predicted octanol–water partition coefficient (Wildman–Crippen LogP) is 2.56. The smallest absolute Gasteiger partial charge is 0.243 e. The fourth-order valence-electron chi connectivity index (χ4n) is 2.37. The van der Waals surface area contributed by atoms with Gasteiger partial charge in [0, 0.05) is 24.5 Å². The Morgan fingerprint density at radius 1 is 1.35 bits per heavy atom. The Hall–Kier alpha value is -2.08. The first-order chi connectivity index (χ1) is 9.58. The molecule has 0 aliphatic carbocycles. The minimum absolute atomic E-state index is 0.211. The Morgan fingerprint density at radius 2 is 2.15 bits per heavy atom. The van der Waals surface area contributed by atoms with Crippen molar-refractivity contribution in [2.24, 2.45) is 0 Å². The van der Waals surface area contributed by atoms with Crippen LogP contribution < -0.4 is 0 Å². The summed E-state index contributed by atoms with van der Waals surface area (Å²) in [5, 5.41) is 4.23. The molecule has 0 saturated carbocycles. The lowest BCUT2D eigenvalue weighted by molar-refractivity contribution is 0.0894. The molecule has 20 heavy (non-hydrogen) atoms. The molecular formula is C14H12F2N2O2. The van der Waals surface area contributed by atoms with Gasteiger partial charge in [-0.15, -0.1) is 0 Å². The summed E-state index contributed by atoms with van der Waals surface area (Å²) in [5.41, 5.74) is 2.44. The summed E-state index contributed by atoms with van der Waals surface area (Å²) < 4.78 is 33.0. The predicted molar refractivity (Wildman–Crippen MR) is 67.2 cm³/mol. The van der Waals surface area contributed by atoms with E-state index < -0.39 is 11.6 Å². The van der Waals surface area contributed by atoms with E-state index in [0.717, 1.165) is 23.4 Å². The number of carbonyl (C=O) groups excluding carboxylic acids is 1. The van der Waals surface area contributed by atoms with Crippen molar-refractivity contribution < 1.29 is 18.3 Å². The Bertz CT molecular complexity index is 695. The number of hydrogen-bond donors (Lipinski definition) is 0. The SMILES string of the molecule is CC(=O)n1nc(-c2ccc(F)c(F)c2)c2c1CCOC2. The average Bonchev–Trinajstić information content (AvgIpc) is 2.82. The van der Waals surface area contributed by atoms with Crippen LogP contribution in [-0.2, 0) is 17.8 Å². The zero-order valence-corrected chi connectivity index (χ0v) is 10.8. The van der Waals surface area contributed by atoms with Crippen LogP contribution in [0.2, 0.25) is 0 Å². The molecule has 2 heterocycles. The van der Waals surface area contributed by atoms with Gasteiger partial charge in [-0.05, 0) is 18.2 Å². The molecule has 1 aromatic carbocycles. The quantitative estimate of drug-likeness (QED) is 0.805. The van der Waals surface area contributed by atoms with Crippen molar-refractivity contribution in [2.45, 2.75) is 20.0 Å². The largest absolute Gasteiger partial charge is 0.376 e. The molecule has 2 aromatic rings. The third-order valence-electron chi connectivity index (χ3n) is 3.31. The van der Waals surface area contributed by atoms with E-state index in [9.17, 15) is 13.6 Å². The number of rotatable bonds is 1. The Morgan fingerprint density at radius 3 is 2.85 bits per heavy atom. The van der Waals surface area contributed by atoms with Gasteiger partial charge in [-0.2, -0.15) is 5.10 Å². The molecule has 0 fully saturated rings. The lowest BCUT2D eigenvalue weighted by Crippen LogP contribution is -2.17. The van der Waals surface area contributed by atoms with Gasteiger partial charge in [-0.3, -0.25) is 4.79 Å². The number of ether oxygens (including phenoxy) is 1. The van der Waals surface area contributed by atoms with Crippen LogP contribution in [0.15, 0.2) is 18.2 Å². The summed E-state index contributed by atoms with van der Waals surface area (Å²) in [6, 6.07) is 3.57. The molecule has 0 spiro atoms. The van der Waals surface area contributed by atoms with Crippen LogP contribution in [0.1, 0.15) is 23.0 Å². The number of carbonyl (C=O) groups is 1. The highest BCUT2D eigenvalue weighted by Gasteiger charge is 2.24. The first kappa shape index (κ1) is 12.9. The van der Waals surface area contributed by atoms with Gasteiger partial charge in [0.1, 0.15) is 0 Å². The van der Waals surface area contributed by atoms with Crippen LogP contribution in [0.3, 0.4) is 0 Å². The van der Waals surface area contributed by atoms with E-state index in [1.807, 2.05) is 0 Å². The summed E-state index contributed by atoms with van der Waals surface area (Å²) in [6.45, 7) is 2.25. The van der Waals surface area contributed by atoms with E-state index in [4.69, 9.17) is 4.74 Å². The molecule has 0 atom stereocenters. The van der Waals surface area contributed by atoms with Crippen LogP contribution in [0.25, 0.3) is 11.3 Å². The molecule has 0 radical (unpaired) electrons. The number of hydrogen-bond acceptors (Lipinski definition) is 3. The zero-order chi connectivity index (χ0) is 14.3. The van der Waals surface area contributed by atoms with E-state index in [-0.39, 0.29) is 5.91 Å². The van der Waals surface area contributed by atoms with Crippen LogP contribution in [0.5, 0.6) is 0 Å². The van der Waals surface area contributed by atoms with Gasteiger partial charge in [-0.1, -0.05) is 0 Å². The summed E-state index contributed by atoms with van der Waals surface area (Å²) >= 11 is 0. The maximum atomic E-state index is 13.4. The molecule has 4 nitrogen and oxygen atoms in total. The first-order valence-electron chi connectivity index (χ1n) is 6.23. The van der Waals surface area contributed by atoms with Crippen molar-refractivity contribution in [2.75, 3.05) is 6.61 Å². The molecule has 1 aromatic heterocycles. The van der Waals surface area contributed by atoms with Crippen molar-refractivity contribution in [1.82, 2.24) is 9.78 Å². The summed E-state index contributed by atoms with van der Waals surface area (Å²) in [7, 11) is 0. The molecule has 0 bridgehead atoms. The van der Waals surface area contributed by atoms with E-state index in [0.29, 0.717) is 30.9 Å². The highest BCUT2D eigenvalue weighted by Crippen LogP contribution is 2.29. The second kappa shape index (κ2) is 4.79. The topological polar surface area (TPSA) is 44.1 Å². The minimum Gasteiger partial charge on any atom is -0.376 e. The molecular weight excluding hydrogens is 266 g/mol. The number of benzene rings is 1. The van der Waals surface area contributed by atoms with Crippen molar-refractivity contribution in [3.05, 3.63) is 41.1 Å². The van der Waals surface area contributed by atoms with Gasteiger partial charge < -0.3 is 4.74 Å². The molecule has 0 amide bonds. The van der Waals surface area contributed by atoms with Gasteiger partial charge in [0.25, 0.3) is 0 Å². The molecule has 6 heteroatoms. The normalized spacial score (nSPS) is 14.2. The maximum absolute atomic E-state index is 13.4. The molecule has 1 aliphatic heterocycles. The summed E-state index contributed by atoms with van der Waals surface area (Å²) in [5.74, 6) is -2.06. The molecule has 104 valence electrons. The standard InChI is InChI=1S/C14H12F2N2O2/c1-8(19)18-13-4-5-20-7-10(13)14(17-18)9-2-3-11(15)12(16)6-9/h2-3,6H,4-5,7H2,1H3. The van der Waals surface area contributed by atoms with Gasteiger partial charge in [-0.25, -0.2) is 13.5 Å².